The Morgan fingerprint density at radius 1 is 1.06 bits per heavy atom. The highest BCUT2D eigenvalue weighted by molar-refractivity contribution is 7.91. The molecule has 0 bridgehead atoms. The molecule has 0 aliphatic carbocycles. The van der Waals surface area contributed by atoms with Crippen LogP contribution in [0.15, 0.2) is 41.3 Å². The van der Waals surface area contributed by atoms with Gasteiger partial charge in [0.25, 0.3) is 5.91 Å². The number of rotatable bonds is 5. The van der Waals surface area contributed by atoms with Crippen LogP contribution in [0.4, 0.5) is 11.4 Å². The molecule has 0 unspecified atom stereocenters. The number of hydrogen-bond acceptors (Lipinski definition) is 6. The maximum atomic E-state index is 12.8. The molecule has 2 amide bonds. The van der Waals surface area contributed by atoms with Gasteiger partial charge in [0.1, 0.15) is 5.75 Å². The Bertz CT molecular complexity index is 1150. The Labute approximate surface area is 188 Å². The lowest BCUT2D eigenvalue weighted by Crippen LogP contribution is -2.49. The van der Waals surface area contributed by atoms with Crippen molar-refractivity contribution in [3.05, 3.63) is 47.5 Å². The summed E-state index contributed by atoms with van der Waals surface area (Å²) in [6.07, 6.45) is -0.0775. The van der Waals surface area contributed by atoms with Gasteiger partial charge in [0.05, 0.1) is 16.3 Å². The van der Waals surface area contributed by atoms with Gasteiger partial charge in [0.15, 0.2) is 16.4 Å². The third-order valence-corrected chi connectivity index (χ3v) is 7.57. The van der Waals surface area contributed by atoms with Gasteiger partial charge in [0, 0.05) is 38.3 Å². The van der Waals surface area contributed by atoms with Crippen LogP contribution in [0.1, 0.15) is 17.5 Å². The van der Waals surface area contributed by atoms with Crippen LogP contribution < -0.4 is 15.0 Å². The zero-order valence-electron chi connectivity index (χ0n) is 18.3. The molecule has 2 heterocycles. The van der Waals surface area contributed by atoms with Crippen LogP contribution in [-0.2, 0) is 19.4 Å². The third kappa shape index (κ3) is 4.72. The summed E-state index contributed by atoms with van der Waals surface area (Å²) in [7, 11) is -3.67. The Balaban J connectivity index is 1.34. The van der Waals surface area contributed by atoms with Crippen molar-refractivity contribution >= 4 is 33.0 Å². The second-order valence-electron chi connectivity index (χ2n) is 8.22. The maximum absolute atomic E-state index is 12.8. The Morgan fingerprint density at radius 2 is 1.81 bits per heavy atom. The first-order valence-corrected chi connectivity index (χ1v) is 12.3. The molecule has 0 saturated carbocycles. The Kier molecular flexibility index (Phi) is 6.10. The summed E-state index contributed by atoms with van der Waals surface area (Å²) in [5, 5.41) is 2.61. The van der Waals surface area contributed by atoms with Gasteiger partial charge in [-0.3, -0.25) is 9.59 Å². The molecule has 2 aliphatic rings. The number of piperazine rings is 1. The second-order valence-corrected chi connectivity index (χ2v) is 10.3. The van der Waals surface area contributed by atoms with E-state index in [-0.39, 0.29) is 35.5 Å². The van der Waals surface area contributed by atoms with E-state index in [4.69, 9.17) is 4.74 Å². The number of hydrogen-bond donors (Lipinski definition) is 1. The molecule has 0 aromatic heterocycles. The van der Waals surface area contributed by atoms with Crippen LogP contribution in [0, 0.1) is 13.8 Å². The predicted molar refractivity (Wildman–Crippen MR) is 122 cm³/mol. The summed E-state index contributed by atoms with van der Waals surface area (Å²) in [5.41, 5.74) is 3.93. The number of nitrogens with one attached hydrogen (secondary N) is 1. The number of carbonyl (C=O) groups excluding carboxylic acids is 2. The lowest BCUT2D eigenvalue weighted by atomic mass is 10.1. The topological polar surface area (TPSA) is 96.0 Å². The van der Waals surface area contributed by atoms with Gasteiger partial charge in [-0.1, -0.05) is 17.7 Å². The number of anilines is 2. The number of nitrogens with zero attached hydrogens (tertiary/aromatic N) is 2. The number of fused-ring (bicyclic) bond motifs is 1. The molecule has 1 fully saturated rings. The number of amides is 2. The van der Waals surface area contributed by atoms with E-state index in [0.29, 0.717) is 37.6 Å². The first-order valence-electron chi connectivity index (χ1n) is 10.6. The quantitative estimate of drug-likeness (QED) is 0.739. The third-order valence-electron chi connectivity index (χ3n) is 5.85. The normalized spacial score (nSPS) is 16.2. The molecule has 1 N–H and O–H groups in total. The summed E-state index contributed by atoms with van der Waals surface area (Å²) in [4.78, 5) is 28.2. The van der Waals surface area contributed by atoms with E-state index in [1.807, 2.05) is 0 Å². The molecule has 0 spiro atoms. The van der Waals surface area contributed by atoms with Gasteiger partial charge in [-0.15, -0.1) is 0 Å². The highest BCUT2D eigenvalue weighted by Crippen LogP contribution is 2.30. The molecule has 2 aromatic rings. The minimum atomic E-state index is -3.67. The van der Waals surface area contributed by atoms with Gasteiger partial charge >= 0.3 is 0 Å². The van der Waals surface area contributed by atoms with Crippen LogP contribution in [-0.4, -0.2) is 63.7 Å². The summed E-state index contributed by atoms with van der Waals surface area (Å²) in [6, 6.07) is 10.7. The molecule has 4 rings (SSSR count). The lowest BCUT2D eigenvalue weighted by Gasteiger charge is -2.37. The predicted octanol–water partition coefficient (Wildman–Crippen LogP) is 2.15. The molecule has 2 aliphatic heterocycles. The van der Waals surface area contributed by atoms with Gasteiger partial charge in [0.2, 0.25) is 5.91 Å². The fourth-order valence-electron chi connectivity index (χ4n) is 4.11. The molecule has 0 radical (unpaired) electrons. The van der Waals surface area contributed by atoms with Crippen LogP contribution in [0.5, 0.6) is 5.75 Å². The minimum Gasteiger partial charge on any atom is -0.482 e. The van der Waals surface area contributed by atoms with E-state index < -0.39 is 9.84 Å². The fraction of sp³-hybridized carbons (Fsp3) is 0.391. The SMILES string of the molecule is Cc1ccc(N2CCN(C(=O)CCS(=O)(=O)c3ccc4c(c3)NC(=O)CO4)CC2)c(C)c1. The Morgan fingerprint density at radius 3 is 2.53 bits per heavy atom. The maximum Gasteiger partial charge on any atom is 0.262 e. The molecule has 1 saturated heterocycles. The van der Waals surface area contributed by atoms with Crippen molar-refractivity contribution in [2.45, 2.75) is 25.2 Å². The largest absolute Gasteiger partial charge is 0.482 e. The molecular formula is C23H27N3O5S. The minimum absolute atomic E-state index is 0.0644. The van der Waals surface area contributed by atoms with Crippen LogP contribution in [0.25, 0.3) is 0 Å². The highest BCUT2D eigenvalue weighted by Gasteiger charge is 2.25. The molecule has 9 heteroatoms. The van der Waals surface area contributed by atoms with Crippen LogP contribution in [0.2, 0.25) is 0 Å². The first kappa shape index (κ1) is 22.1. The zero-order valence-corrected chi connectivity index (χ0v) is 19.1. The highest BCUT2D eigenvalue weighted by atomic mass is 32.2. The van der Waals surface area contributed by atoms with E-state index in [1.54, 1.807) is 4.90 Å². The monoisotopic (exact) mass is 457 g/mol. The average Bonchev–Trinajstić information content (AvgIpc) is 2.77. The standard InChI is InChI=1S/C23H27N3O5S/c1-16-3-5-20(17(2)13-16)25-8-10-26(11-9-25)23(28)7-12-32(29,30)18-4-6-21-19(14-18)24-22(27)15-31-21/h3-6,13-14H,7-12,15H2,1-2H3,(H,24,27). The summed E-state index contributed by atoms with van der Waals surface area (Å²) < 4.78 is 30.8. The van der Waals surface area contributed by atoms with Crippen molar-refractivity contribution in [3.63, 3.8) is 0 Å². The second kappa shape index (κ2) is 8.82. The molecule has 0 atom stereocenters. The molecular weight excluding hydrogens is 430 g/mol. The van der Waals surface area contributed by atoms with Crippen molar-refractivity contribution < 1.29 is 22.7 Å². The number of ether oxygens (including phenoxy) is 1. The molecule has 2 aromatic carbocycles. The first-order chi connectivity index (χ1) is 15.2. The van der Waals surface area contributed by atoms with Gasteiger partial charge < -0.3 is 19.9 Å². The van der Waals surface area contributed by atoms with Gasteiger partial charge in [-0.2, -0.15) is 0 Å². The van der Waals surface area contributed by atoms with Crippen molar-refractivity contribution in [2.24, 2.45) is 0 Å². The van der Waals surface area contributed by atoms with Crippen molar-refractivity contribution in [3.8, 4) is 5.75 Å². The lowest BCUT2D eigenvalue weighted by molar-refractivity contribution is -0.131. The van der Waals surface area contributed by atoms with Crippen LogP contribution >= 0.6 is 0 Å². The molecule has 8 nitrogen and oxygen atoms in total. The summed E-state index contributed by atoms with van der Waals surface area (Å²) >= 11 is 0. The van der Waals surface area contributed by atoms with E-state index in [9.17, 15) is 18.0 Å². The summed E-state index contributed by atoms with van der Waals surface area (Å²) in [6.45, 7) is 6.62. The average molecular weight is 458 g/mol. The Hall–Kier alpha value is -3.07. The number of sulfone groups is 1. The van der Waals surface area contributed by atoms with E-state index in [1.165, 1.54) is 35.0 Å². The number of benzene rings is 2. The smallest absolute Gasteiger partial charge is 0.262 e. The molecule has 170 valence electrons. The number of aryl methyl sites for hydroxylation is 2. The van der Waals surface area contributed by atoms with Crippen molar-refractivity contribution in [2.75, 3.05) is 48.8 Å². The van der Waals surface area contributed by atoms with Crippen LogP contribution in [0.3, 0.4) is 0 Å². The van der Waals surface area contributed by atoms with E-state index in [2.05, 4.69) is 42.3 Å². The fourth-order valence-corrected chi connectivity index (χ4v) is 5.36. The number of carbonyl (C=O) groups is 2. The van der Waals surface area contributed by atoms with Crippen molar-refractivity contribution in [1.29, 1.82) is 0 Å². The van der Waals surface area contributed by atoms with Crippen molar-refractivity contribution in [1.82, 2.24) is 4.90 Å². The van der Waals surface area contributed by atoms with Gasteiger partial charge in [-0.25, -0.2) is 8.42 Å². The van der Waals surface area contributed by atoms with E-state index in [0.717, 1.165) is 0 Å². The van der Waals surface area contributed by atoms with E-state index >= 15 is 0 Å². The molecule has 32 heavy (non-hydrogen) atoms. The summed E-state index contributed by atoms with van der Waals surface area (Å²) in [5.74, 6) is -0.344. The van der Waals surface area contributed by atoms with Gasteiger partial charge in [-0.05, 0) is 43.7 Å². The zero-order chi connectivity index (χ0) is 22.9.